The van der Waals surface area contributed by atoms with Gasteiger partial charge in [-0.25, -0.2) is 8.78 Å². The molecule has 1 saturated carbocycles. The molecule has 0 heterocycles. The third-order valence-corrected chi connectivity index (χ3v) is 3.72. The molecule has 0 N–H and O–H groups in total. The van der Waals surface area contributed by atoms with Gasteiger partial charge >= 0.3 is 0 Å². The average Bonchev–Trinajstić information content (AvgIpc) is 2.38. The summed E-state index contributed by atoms with van der Waals surface area (Å²) in [5.41, 5.74) is 0.428. The number of benzene rings is 1. The molecule has 1 aromatic carbocycles. The monoisotopic (exact) mass is 250 g/mol. The van der Waals surface area contributed by atoms with Crippen molar-refractivity contribution >= 4 is 5.69 Å². The maximum atomic E-state index is 13.7. The Kier molecular flexibility index (Phi) is 3.81. The van der Waals surface area contributed by atoms with Crippen molar-refractivity contribution in [1.82, 2.24) is 0 Å². The smallest absolute Gasteiger partial charge is 0.149 e. The van der Waals surface area contributed by atoms with Crippen LogP contribution in [0.3, 0.4) is 0 Å². The van der Waals surface area contributed by atoms with Gasteiger partial charge in [0.25, 0.3) is 0 Å². The zero-order chi connectivity index (χ0) is 13.1. The van der Waals surface area contributed by atoms with Crippen molar-refractivity contribution < 1.29 is 8.78 Å². The van der Waals surface area contributed by atoms with Crippen LogP contribution in [0.4, 0.5) is 14.5 Å². The van der Waals surface area contributed by atoms with Gasteiger partial charge in [0.05, 0.1) is 11.8 Å². The molecule has 0 aliphatic heterocycles. The zero-order valence-corrected chi connectivity index (χ0v) is 10.4. The second-order valence-electron chi connectivity index (χ2n) is 4.84. The molecule has 1 aliphatic carbocycles. The molecule has 0 unspecified atom stereocenters. The van der Waals surface area contributed by atoms with E-state index < -0.39 is 11.6 Å². The number of halogens is 2. The fourth-order valence-electron chi connectivity index (χ4n) is 2.56. The number of hydrogen-bond acceptors (Lipinski definition) is 2. The van der Waals surface area contributed by atoms with E-state index in [1.807, 2.05) is 11.9 Å². The molecule has 1 fully saturated rings. The number of rotatable bonds is 2. The minimum absolute atomic E-state index is 0.132. The molecule has 1 aromatic rings. The Labute approximate surface area is 106 Å². The van der Waals surface area contributed by atoms with E-state index in [1.54, 1.807) is 0 Å². The average molecular weight is 250 g/mol. The molecule has 2 nitrogen and oxygen atoms in total. The number of hydrogen-bond donors (Lipinski definition) is 0. The van der Waals surface area contributed by atoms with Crippen LogP contribution in [-0.2, 0) is 0 Å². The second kappa shape index (κ2) is 5.34. The predicted molar refractivity (Wildman–Crippen MR) is 66.1 cm³/mol. The van der Waals surface area contributed by atoms with Crippen molar-refractivity contribution in [3.63, 3.8) is 0 Å². The minimum atomic E-state index is -0.558. The predicted octanol–water partition coefficient (Wildman–Crippen LogP) is 3.48. The zero-order valence-electron chi connectivity index (χ0n) is 10.4. The van der Waals surface area contributed by atoms with Crippen molar-refractivity contribution in [2.75, 3.05) is 11.9 Å². The molecular formula is C14H16F2N2. The first-order valence-corrected chi connectivity index (χ1v) is 6.19. The van der Waals surface area contributed by atoms with E-state index in [9.17, 15) is 8.78 Å². The summed E-state index contributed by atoms with van der Waals surface area (Å²) >= 11 is 0. The molecule has 0 radical (unpaired) electrons. The van der Waals surface area contributed by atoms with Gasteiger partial charge in [-0.2, -0.15) is 5.26 Å². The number of nitriles is 1. The third-order valence-electron chi connectivity index (χ3n) is 3.72. The van der Waals surface area contributed by atoms with Gasteiger partial charge in [-0.15, -0.1) is 0 Å². The van der Waals surface area contributed by atoms with Crippen molar-refractivity contribution in [2.24, 2.45) is 5.92 Å². The maximum absolute atomic E-state index is 13.7. The Hall–Kier alpha value is -1.63. The molecule has 2 rings (SSSR count). The van der Waals surface area contributed by atoms with Crippen molar-refractivity contribution in [3.8, 4) is 6.07 Å². The fraction of sp³-hybridized carbons (Fsp3) is 0.500. The fourth-order valence-corrected chi connectivity index (χ4v) is 2.56. The van der Waals surface area contributed by atoms with Gasteiger partial charge in [0.15, 0.2) is 0 Å². The van der Waals surface area contributed by atoms with E-state index in [2.05, 4.69) is 6.07 Å². The Balaban J connectivity index is 2.08. The van der Waals surface area contributed by atoms with Gasteiger partial charge in [0, 0.05) is 25.1 Å². The number of anilines is 1. The highest BCUT2D eigenvalue weighted by Crippen LogP contribution is 2.30. The van der Waals surface area contributed by atoms with E-state index in [0.29, 0.717) is 5.69 Å². The summed E-state index contributed by atoms with van der Waals surface area (Å²) in [7, 11) is 1.83. The number of nitrogens with zero attached hydrogens (tertiary/aromatic N) is 2. The van der Waals surface area contributed by atoms with Crippen molar-refractivity contribution in [1.29, 1.82) is 5.26 Å². The van der Waals surface area contributed by atoms with Crippen LogP contribution < -0.4 is 4.90 Å². The Bertz CT molecular complexity index is 459. The quantitative estimate of drug-likeness (QED) is 0.803. The van der Waals surface area contributed by atoms with Gasteiger partial charge in [-0.05, 0) is 37.8 Å². The molecule has 0 spiro atoms. The molecule has 1 aliphatic rings. The van der Waals surface area contributed by atoms with Crippen LogP contribution in [-0.4, -0.2) is 13.1 Å². The molecule has 0 atom stereocenters. The van der Waals surface area contributed by atoms with Gasteiger partial charge in [0.1, 0.15) is 11.6 Å². The molecule has 0 amide bonds. The summed E-state index contributed by atoms with van der Waals surface area (Å²) in [5.74, 6) is -0.953. The lowest BCUT2D eigenvalue weighted by Crippen LogP contribution is -2.35. The topological polar surface area (TPSA) is 27.0 Å². The molecule has 4 heteroatoms. The molecule has 0 aromatic heterocycles. The van der Waals surface area contributed by atoms with Crippen LogP contribution in [0.15, 0.2) is 18.2 Å². The first-order chi connectivity index (χ1) is 8.61. The van der Waals surface area contributed by atoms with Crippen molar-refractivity contribution in [2.45, 2.75) is 31.7 Å². The summed E-state index contributed by atoms with van der Waals surface area (Å²) < 4.78 is 26.5. The van der Waals surface area contributed by atoms with E-state index in [1.165, 1.54) is 12.1 Å². The van der Waals surface area contributed by atoms with E-state index in [0.717, 1.165) is 31.7 Å². The van der Waals surface area contributed by atoms with Gasteiger partial charge in [-0.3, -0.25) is 0 Å². The SMILES string of the molecule is CN(c1ccc(F)cc1F)C1CCC(C#N)CC1. The second-order valence-corrected chi connectivity index (χ2v) is 4.84. The Morgan fingerprint density at radius 3 is 2.44 bits per heavy atom. The van der Waals surface area contributed by atoms with Gasteiger partial charge < -0.3 is 4.90 Å². The Morgan fingerprint density at radius 2 is 1.89 bits per heavy atom. The van der Waals surface area contributed by atoms with Crippen LogP contribution in [0.2, 0.25) is 0 Å². The molecular weight excluding hydrogens is 234 g/mol. The third kappa shape index (κ3) is 2.61. The summed E-state index contributed by atoms with van der Waals surface area (Å²) in [6.45, 7) is 0. The van der Waals surface area contributed by atoms with Crippen LogP contribution in [0.5, 0.6) is 0 Å². The van der Waals surface area contributed by atoms with E-state index in [4.69, 9.17) is 5.26 Å². The first-order valence-electron chi connectivity index (χ1n) is 6.19. The van der Waals surface area contributed by atoms with Crippen LogP contribution in [0, 0.1) is 28.9 Å². The standard InChI is InChI=1S/C14H16F2N2/c1-18(12-5-2-10(9-17)3-6-12)14-7-4-11(15)8-13(14)16/h4,7-8,10,12H,2-3,5-6H2,1H3. The molecule has 96 valence electrons. The van der Waals surface area contributed by atoms with E-state index >= 15 is 0 Å². The van der Waals surface area contributed by atoms with Crippen LogP contribution in [0.25, 0.3) is 0 Å². The van der Waals surface area contributed by atoms with Gasteiger partial charge in [0.2, 0.25) is 0 Å². The van der Waals surface area contributed by atoms with Crippen LogP contribution >= 0.6 is 0 Å². The lowest BCUT2D eigenvalue weighted by Gasteiger charge is -2.34. The lowest BCUT2D eigenvalue weighted by molar-refractivity contribution is 0.370. The molecule has 0 bridgehead atoms. The highest BCUT2D eigenvalue weighted by molar-refractivity contribution is 5.48. The van der Waals surface area contributed by atoms with Gasteiger partial charge in [-0.1, -0.05) is 0 Å². The molecule has 18 heavy (non-hydrogen) atoms. The summed E-state index contributed by atoms with van der Waals surface area (Å²) in [6.07, 6.45) is 3.47. The highest BCUT2D eigenvalue weighted by atomic mass is 19.1. The molecule has 0 saturated heterocycles. The normalized spacial score (nSPS) is 23.4. The summed E-state index contributed by atoms with van der Waals surface area (Å²) in [4.78, 5) is 1.86. The van der Waals surface area contributed by atoms with Crippen molar-refractivity contribution in [3.05, 3.63) is 29.8 Å². The first kappa shape index (κ1) is 12.8. The largest absolute Gasteiger partial charge is 0.369 e. The minimum Gasteiger partial charge on any atom is -0.369 e. The lowest BCUT2D eigenvalue weighted by atomic mass is 9.86. The maximum Gasteiger partial charge on any atom is 0.149 e. The van der Waals surface area contributed by atoms with E-state index in [-0.39, 0.29) is 12.0 Å². The van der Waals surface area contributed by atoms with Crippen LogP contribution in [0.1, 0.15) is 25.7 Å². The summed E-state index contributed by atoms with van der Waals surface area (Å²) in [6, 6.07) is 6.17. The Morgan fingerprint density at radius 1 is 1.22 bits per heavy atom. The summed E-state index contributed by atoms with van der Waals surface area (Å²) in [5, 5.41) is 8.84. The highest BCUT2D eigenvalue weighted by Gasteiger charge is 2.25.